The van der Waals surface area contributed by atoms with Crippen LogP contribution >= 0.6 is 11.3 Å². The summed E-state index contributed by atoms with van der Waals surface area (Å²) in [6, 6.07) is 5.60. The van der Waals surface area contributed by atoms with Crippen molar-refractivity contribution in [1.29, 1.82) is 0 Å². The molecule has 3 nitrogen and oxygen atoms in total. The fourth-order valence-electron chi connectivity index (χ4n) is 1.45. The molecule has 0 amide bonds. The van der Waals surface area contributed by atoms with Crippen molar-refractivity contribution in [3.05, 3.63) is 23.8 Å². The summed E-state index contributed by atoms with van der Waals surface area (Å²) in [4.78, 5) is 0. The monoisotopic (exact) mass is 209 g/mol. The molecule has 2 rings (SSSR count). The Morgan fingerprint density at radius 2 is 2.21 bits per heavy atom. The predicted molar refractivity (Wildman–Crippen MR) is 58.7 cm³/mol. The topological polar surface area (TPSA) is 55.5 Å². The number of nitrogen functional groups attached to an aromatic ring is 1. The van der Waals surface area contributed by atoms with Gasteiger partial charge in [-0.2, -0.15) is 0 Å². The van der Waals surface area contributed by atoms with Crippen molar-refractivity contribution in [2.24, 2.45) is 0 Å². The van der Waals surface area contributed by atoms with Gasteiger partial charge >= 0.3 is 0 Å². The number of hydrogen-bond acceptors (Lipinski definition) is 4. The second-order valence-electron chi connectivity index (χ2n) is 3.03. The zero-order chi connectivity index (χ0) is 10.1. The molecular formula is C10H11NO2S. The van der Waals surface area contributed by atoms with Crippen molar-refractivity contribution in [3.63, 3.8) is 0 Å². The SMILES string of the molecule is COc1cc2cc(N)cc(CO)c2s1. The van der Waals surface area contributed by atoms with Gasteiger partial charge in [0.05, 0.1) is 13.7 Å². The minimum Gasteiger partial charge on any atom is -0.487 e. The van der Waals surface area contributed by atoms with E-state index in [1.54, 1.807) is 13.2 Å². The molecule has 3 N–H and O–H groups in total. The van der Waals surface area contributed by atoms with Gasteiger partial charge in [-0.3, -0.25) is 0 Å². The molecule has 0 unspecified atom stereocenters. The van der Waals surface area contributed by atoms with Crippen LogP contribution in [-0.2, 0) is 6.61 Å². The van der Waals surface area contributed by atoms with E-state index < -0.39 is 0 Å². The van der Waals surface area contributed by atoms with Crippen molar-refractivity contribution in [2.45, 2.75) is 6.61 Å². The normalized spacial score (nSPS) is 10.7. The molecule has 1 aromatic carbocycles. The smallest absolute Gasteiger partial charge is 0.174 e. The van der Waals surface area contributed by atoms with Gasteiger partial charge in [0.2, 0.25) is 0 Å². The van der Waals surface area contributed by atoms with Crippen LogP contribution in [0.1, 0.15) is 5.56 Å². The number of anilines is 1. The van der Waals surface area contributed by atoms with E-state index in [0.717, 1.165) is 20.7 Å². The number of fused-ring (bicyclic) bond motifs is 1. The molecular weight excluding hydrogens is 198 g/mol. The third-order valence-corrected chi connectivity index (χ3v) is 3.25. The number of benzene rings is 1. The van der Waals surface area contributed by atoms with Crippen molar-refractivity contribution >= 4 is 27.1 Å². The summed E-state index contributed by atoms with van der Waals surface area (Å²) in [6.45, 7) is 0.00517. The van der Waals surface area contributed by atoms with Gasteiger partial charge in [-0.25, -0.2) is 0 Å². The molecule has 0 aliphatic heterocycles. The first kappa shape index (κ1) is 9.30. The summed E-state index contributed by atoms with van der Waals surface area (Å²) >= 11 is 1.52. The Morgan fingerprint density at radius 1 is 1.43 bits per heavy atom. The predicted octanol–water partition coefficient (Wildman–Crippen LogP) is 1.98. The lowest BCUT2D eigenvalue weighted by molar-refractivity contribution is 0.283. The van der Waals surface area contributed by atoms with E-state index in [0.29, 0.717) is 5.69 Å². The number of rotatable bonds is 2. The zero-order valence-corrected chi connectivity index (χ0v) is 8.60. The average Bonchev–Trinajstić information content (AvgIpc) is 2.59. The quantitative estimate of drug-likeness (QED) is 0.744. The van der Waals surface area contributed by atoms with Gasteiger partial charge in [0, 0.05) is 10.4 Å². The number of hydrogen-bond donors (Lipinski definition) is 2. The number of methoxy groups -OCH3 is 1. The van der Waals surface area contributed by atoms with E-state index in [9.17, 15) is 0 Å². The summed E-state index contributed by atoms with van der Waals surface area (Å²) in [5, 5.41) is 11.0. The summed E-state index contributed by atoms with van der Waals surface area (Å²) < 4.78 is 6.17. The van der Waals surface area contributed by atoms with Gasteiger partial charge < -0.3 is 15.6 Å². The Kier molecular flexibility index (Phi) is 2.31. The molecule has 0 saturated heterocycles. The molecule has 0 fully saturated rings. The molecule has 74 valence electrons. The van der Waals surface area contributed by atoms with E-state index >= 15 is 0 Å². The van der Waals surface area contributed by atoms with Gasteiger partial charge in [-0.05, 0) is 29.1 Å². The molecule has 14 heavy (non-hydrogen) atoms. The maximum absolute atomic E-state index is 9.15. The van der Waals surface area contributed by atoms with Crippen LogP contribution in [0.25, 0.3) is 10.1 Å². The van der Waals surface area contributed by atoms with E-state index in [1.807, 2.05) is 12.1 Å². The number of thiophene rings is 1. The Morgan fingerprint density at radius 3 is 2.86 bits per heavy atom. The van der Waals surface area contributed by atoms with E-state index in [1.165, 1.54) is 11.3 Å². The molecule has 0 aliphatic carbocycles. The van der Waals surface area contributed by atoms with Crippen LogP contribution in [0.4, 0.5) is 5.69 Å². The molecule has 0 radical (unpaired) electrons. The van der Waals surface area contributed by atoms with Crippen LogP contribution < -0.4 is 10.5 Å². The largest absolute Gasteiger partial charge is 0.487 e. The summed E-state index contributed by atoms with van der Waals surface area (Å²) in [7, 11) is 1.63. The van der Waals surface area contributed by atoms with Crippen LogP contribution in [-0.4, -0.2) is 12.2 Å². The first-order valence-corrected chi connectivity index (χ1v) is 5.03. The van der Waals surface area contributed by atoms with Crippen molar-refractivity contribution in [3.8, 4) is 5.06 Å². The maximum atomic E-state index is 9.15. The summed E-state index contributed by atoms with van der Waals surface area (Å²) in [5.41, 5.74) is 7.23. The Hall–Kier alpha value is -1.26. The lowest BCUT2D eigenvalue weighted by atomic mass is 10.1. The number of nitrogens with two attached hydrogens (primary N) is 1. The maximum Gasteiger partial charge on any atom is 0.174 e. The van der Waals surface area contributed by atoms with Gasteiger partial charge in [0.1, 0.15) is 0 Å². The second kappa shape index (κ2) is 3.48. The molecule has 0 aliphatic rings. The molecule has 1 aromatic heterocycles. The van der Waals surface area contributed by atoms with E-state index in [2.05, 4.69) is 0 Å². The van der Waals surface area contributed by atoms with Crippen LogP contribution in [0.3, 0.4) is 0 Å². The van der Waals surface area contributed by atoms with Crippen molar-refractivity contribution in [1.82, 2.24) is 0 Å². The van der Waals surface area contributed by atoms with Crippen molar-refractivity contribution in [2.75, 3.05) is 12.8 Å². The fraction of sp³-hybridized carbons (Fsp3) is 0.200. The minimum absolute atomic E-state index is 0.00517. The number of aliphatic hydroxyl groups excluding tert-OH is 1. The van der Waals surface area contributed by atoms with Crippen LogP contribution in [0.5, 0.6) is 5.06 Å². The standard InChI is InChI=1S/C10H11NO2S/c1-13-9-4-6-2-8(11)3-7(5-12)10(6)14-9/h2-4,12H,5,11H2,1H3. The van der Waals surface area contributed by atoms with Gasteiger partial charge in [-0.15, -0.1) is 0 Å². The first-order chi connectivity index (χ1) is 6.74. The van der Waals surface area contributed by atoms with Gasteiger partial charge in [-0.1, -0.05) is 11.3 Å². The second-order valence-corrected chi connectivity index (χ2v) is 4.04. The summed E-state index contributed by atoms with van der Waals surface area (Å²) in [5.74, 6) is 0. The fourth-order valence-corrected chi connectivity index (χ4v) is 2.41. The molecule has 0 bridgehead atoms. The Balaban J connectivity index is 2.71. The molecule has 0 spiro atoms. The molecule has 1 heterocycles. The van der Waals surface area contributed by atoms with Gasteiger partial charge in [0.25, 0.3) is 0 Å². The lowest BCUT2D eigenvalue weighted by Crippen LogP contribution is -1.88. The highest BCUT2D eigenvalue weighted by Gasteiger charge is 2.07. The minimum atomic E-state index is 0.00517. The van der Waals surface area contributed by atoms with Crippen LogP contribution in [0.15, 0.2) is 18.2 Å². The average molecular weight is 209 g/mol. The van der Waals surface area contributed by atoms with Crippen LogP contribution in [0, 0.1) is 0 Å². The van der Waals surface area contributed by atoms with Crippen LogP contribution in [0.2, 0.25) is 0 Å². The Bertz CT molecular complexity index is 464. The number of aliphatic hydroxyl groups is 1. The molecule has 2 aromatic rings. The lowest BCUT2D eigenvalue weighted by Gasteiger charge is -1.99. The summed E-state index contributed by atoms with van der Waals surface area (Å²) in [6.07, 6.45) is 0. The highest BCUT2D eigenvalue weighted by Crippen LogP contribution is 2.35. The Labute approximate surface area is 85.7 Å². The first-order valence-electron chi connectivity index (χ1n) is 4.21. The molecule has 0 saturated carbocycles. The third-order valence-electron chi connectivity index (χ3n) is 2.06. The highest BCUT2D eigenvalue weighted by atomic mass is 32.1. The number of ether oxygens (including phenoxy) is 1. The molecule has 0 atom stereocenters. The van der Waals surface area contributed by atoms with Gasteiger partial charge in [0.15, 0.2) is 5.06 Å². The highest BCUT2D eigenvalue weighted by molar-refractivity contribution is 7.21. The zero-order valence-electron chi connectivity index (χ0n) is 7.78. The molecule has 4 heteroatoms. The van der Waals surface area contributed by atoms with Crippen molar-refractivity contribution < 1.29 is 9.84 Å². The third kappa shape index (κ3) is 1.42. The van der Waals surface area contributed by atoms with E-state index in [-0.39, 0.29) is 6.61 Å². The van der Waals surface area contributed by atoms with E-state index in [4.69, 9.17) is 15.6 Å².